The molecule has 0 unspecified atom stereocenters. The molecule has 0 aromatic carbocycles. The highest BCUT2D eigenvalue weighted by atomic mass is 16.2. The maximum atomic E-state index is 11.1. The van der Waals surface area contributed by atoms with Crippen LogP contribution in [0.5, 0.6) is 0 Å². The predicted molar refractivity (Wildman–Crippen MR) is 40.8 cm³/mol. The van der Waals surface area contributed by atoms with Gasteiger partial charge in [-0.3, -0.25) is 14.5 Å². The highest BCUT2D eigenvalue weighted by Gasteiger charge is 2.24. The van der Waals surface area contributed by atoms with E-state index in [9.17, 15) is 9.59 Å². The van der Waals surface area contributed by atoms with E-state index in [1.807, 2.05) is 0 Å². The van der Waals surface area contributed by atoms with Gasteiger partial charge >= 0.3 is 0 Å². The van der Waals surface area contributed by atoms with E-state index in [2.05, 4.69) is 0 Å². The largest absolute Gasteiger partial charge is 0.279 e. The third-order valence-corrected chi connectivity index (χ3v) is 1.65. The lowest BCUT2D eigenvalue weighted by atomic mass is 10.4. The zero-order chi connectivity index (χ0) is 8.27. The Balaban J connectivity index is 2.59. The van der Waals surface area contributed by atoms with Crippen LogP contribution in [-0.4, -0.2) is 23.3 Å². The lowest BCUT2D eigenvalue weighted by Crippen LogP contribution is -2.30. The summed E-state index contributed by atoms with van der Waals surface area (Å²) in [6.45, 7) is 2.35. The Labute approximate surface area is 65.7 Å². The maximum absolute atomic E-state index is 11.1. The molecule has 2 amide bonds. The molecular weight excluding hydrogens is 142 g/mol. The van der Waals surface area contributed by atoms with Crippen molar-refractivity contribution in [2.24, 2.45) is 0 Å². The quantitative estimate of drug-likeness (QED) is 0.520. The Kier molecular flexibility index (Phi) is 2.41. The van der Waals surface area contributed by atoms with Crippen LogP contribution in [0.15, 0.2) is 12.2 Å². The van der Waals surface area contributed by atoms with Crippen LogP contribution in [0.3, 0.4) is 0 Å². The van der Waals surface area contributed by atoms with Crippen LogP contribution < -0.4 is 0 Å². The van der Waals surface area contributed by atoms with Crippen LogP contribution in [0.1, 0.15) is 19.8 Å². The van der Waals surface area contributed by atoms with E-state index in [-0.39, 0.29) is 11.8 Å². The molecule has 3 heteroatoms. The standard InChI is InChI=1S/C8H11NO2/c1-2-4-7(10)9-6-3-5-8(9)11/h2,4H,3,5-6H2,1H3. The van der Waals surface area contributed by atoms with E-state index < -0.39 is 0 Å². The molecule has 0 N–H and O–H groups in total. The van der Waals surface area contributed by atoms with Crippen LogP contribution in [-0.2, 0) is 9.59 Å². The summed E-state index contributed by atoms with van der Waals surface area (Å²) in [5.41, 5.74) is 0. The van der Waals surface area contributed by atoms with Crippen LogP contribution in [0, 0.1) is 0 Å². The molecule has 0 aromatic rings. The molecule has 1 aliphatic heterocycles. The topological polar surface area (TPSA) is 37.4 Å². The molecule has 0 atom stereocenters. The molecule has 3 nitrogen and oxygen atoms in total. The van der Waals surface area contributed by atoms with Crippen molar-refractivity contribution in [3.63, 3.8) is 0 Å². The highest BCUT2D eigenvalue weighted by Crippen LogP contribution is 2.09. The molecule has 0 aliphatic carbocycles. The van der Waals surface area contributed by atoms with E-state index in [4.69, 9.17) is 0 Å². The summed E-state index contributed by atoms with van der Waals surface area (Å²) in [6.07, 6.45) is 4.39. The third kappa shape index (κ3) is 1.67. The molecule has 0 aromatic heterocycles. The summed E-state index contributed by atoms with van der Waals surface area (Å²) < 4.78 is 0. The van der Waals surface area contributed by atoms with Crippen LogP contribution in [0.2, 0.25) is 0 Å². The number of carbonyl (C=O) groups is 2. The number of imide groups is 1. The fraction of sp³-hybridized carbons (Fsp3) is 0.500. The minimum absolute atomic E-state index is 0.0481. The Hall–Kier alpha value is -1.12. The fourth-order valence-electron chi connectivity index (χ4n) is 1.11. The zero-order valence-corrected chi connectivity index (χ0v) is 6.54. The smallest absolute Gasteiger partial charge is 0.252 e. The van der Waals surface area contributed by atoms with Crippen molar-refractivity contribution in [1.82, 2.24) is 4.90 Å². The van der Waals surface area contributed by atoms with Gasteiger partial charge in [0.1, 0.15) is 0 Å². The van der Waals surface area contributed by atoms with Gasteiger partial charge in [0.05, 0.1) is 0 Å². The summed E-state index contributed by atoms with van der Waals surface area (Å²) in [5.74, 6) is -0.233. The second kappa shape index (κ2) is 3.32. The van der Waals surface area contributed by atoms with Gasteiger partial charge in [-0.1, -0.05) is 6.08 Å². The molecule has 11 heavy (non-hydrogen) atoms. The third-order valence-electron chi connectivity index (χ3n) is 1.65. The first-order chi connectivity index (χ1) is 5.25. The van der Waals surface area contributed by atoms with E-state index in [1.165, 1.54) is 11.0 Å². The normalized spacial score (nSPS) is 18.3. The molecule has 0 radical (unpaired) electrons. The van der Waals surface area contributed by atoms with Gasteiger partial charge in [-0.2, -0.15) is 0 Å². The fourth-order valence-corrected chi connectivity index (χ4v) is 1.11. The number of allylic oxidation sites excluding steroid dienone is 1. The van der Waals surface area contributed by atoms with Crippen molar-refractivity contribution in [3.05, 3.63) is 12.2 Å². The lowest BCUT2D eigenvalue weighted by molar-refractivity contribution is -0.138. The first kappa shape index (κ1) is 7.98. The molecule has 1 aliphatic rings. The van der Waals surface area contributed by atoms with Gasteiger partial charge in [0.15, 0.2) is 0 Å². The van der Waals surface area contributed by atoms with Gasteiger partial charge < -0.3 is 0 Å². The van der Waals surface area contributed by atoms with Crippen molar-refractivity contribution in [1.29, 1.82) is 0 Å². The number of amides is 2. The molecular formula is C8H11NO2. The monoisotopic (exact) mass is 153 g/mol. The summed E-state index contributed by atoms with van der Waals surface area (Å²) in [7, 11) is 0. The van der Waals surface area contributed by atoms with Gasteiger partial charge in [-0.25, -0.2) is 0 Å². The highest BCUT2D eigenvalue weighted by molar-refractivity contribution is 6.01. The minimum atomic E-state index is -0.185. The number of nitrogens with zero attached hydrogens (tertiary/aromatic N) is 1. The summed E-state index contributed by atoms with van der Waals surface area (Å²) in [5, 5.41) is 0. The van der Waals surface area contributed by atoms with Crippen molar-refractivity contribution in [2.45, 2.75) is 19.8 Å². The average molecular weight is 153 g/mol. The van der Waals surface area contributed by atoms with Gasteiger partial charge in [0, 0.05) is 13.0 Å². The van der Waals surface area contributed by atoms with Gasteiger partial charge in [0.2, 0.25) is 5.91 Å². The Morgan fingerprint density at radius 3 is 2.82 bits per heavy atom. The second-order valence-electron chi connectivity index (χ2n) is 2.49. The first-order valence-corrected chi connectivity index (χ1v) is 3.72. The molecule has 0 saturated carbocycles. The van der Waals surface area contributed by atoms with E-state index in [0.29, 0.717) is 13.0 Å². The Morgan fingerprint density at radius 1 is 1.64 bits per heavy atom. The molecule has 1 rings (SSSR count). The van der Waals surface area contributed by atoms with Crippen molar-refractivity contribution in [2.75, 3.05) is 6.54 Å². The van der Waals surface area contributed by atoms with Crippen molar-refractivity contribution < 1.29 is 9.59 Å². The van der Waals surface area contributed by atoms with Crippen LogP contribution in [0.4, 0.5) is 0 Å². The van der Waals surface area contributed by atoms with Crippen LogP contribution in [0.25, 0.3) is 0 Å². The number of likely N-dealkylation sites (tertiary alicyclic amines) is 1. The SMILES string of the molecule is CC=CC(=O)N1CCCC1=O. The van der Waals surface area contributed by atoms with Crippen molar-refractivity contribution >= 4 is 11.8 Å². The number of carbonyl (C=O) groups excluding carboxylic acids is 2. The maximum Gasteiger partial charge on any atom is 0.252 e. The molecule has 60 valence electrons. The van der Waals surface area contributed by atoms with Crippen molar-refractivity contribution in [3.8, 4) is 0 Å². The summed E-state index contributed by atoms with van der Waals surface area (Å²) >= 11 is 0. The predicted octanol–water partition coefficient (Wildman–Crippen LogP) is 0.712. The minimum Gasteiger partial charge on any atom is -0.279 e. The number of hydrogen-bond acceptors (Lipinski definition) is 2. The van der Waals surface area contributed by atoms with Gasteiger partial charge in [-0.05, 0) is 19.4 Å². The zero-order valence-electron chi connectivity index (χ0n) is 6.54. The second-order valence-corrected chi connectivity index (χ2v) is 2.49. The van der Waals surface area contributed by atoms with E-state index in [0.717, 1.165) is 6.42 Å². The molecule has 0 spiro atoms. The number of rotatable bonds is 1. The average Bonchev–Trinajstić information content (AvgIpc) is 2.36. The number of hydrogen-bond donors (Lipinski definition) is 0. The molecule has 1 heterocycles. The molecule has 1 fully saturated rings. The molecule has 0 bridgehead atoms. The summed E-state index contributed by atoms with van der Waals surface area (Å²) in [4.78, 5) is 23.3. The van der Waals surface area contributed by atoms with Crippen LogP contribution >= 0.6 is 0 Å². The van der Waals surface area contributed by atoms with Gasteiger partial charge in [-0.15, -0.1) is 0 Å². The van der Waals surface area contributed by atoms with E-state index >= 15 is 0 Å². The Bertz CT molecular complexity index is 208. The summed E-state index contributed by atoms with van der Waals surface area (Å²) in [6, 6.07) is 0. The Morgan fingerprint density at radius 2 is 2.36 bits per heavy atom. The first-order valence-electron chi connectivity index (χ1n) is 3.72. The molecule has 1 saturated heterocycles. The lowest BCUT2D eigenvalue weighted by Gasteiger charge is -2.09. The van der Waals surface area contributed by atoms with E-state index in [1.54, 1.807) is 13.0 Å². The van der Waals surface area contributed by atoms with Gasteiger partial charge in [0.25, 0.3) is 5.91 Å².